The van der Waals surface area contributed by atoms with Crippen molar-refractivity contribution < 1.29 is 14.3 Å². The molecule has 37 heavy (non-hydrogen) atoms. The molecule has 8 nitrogen and oxygen atoms in total. The van der Waals surface area contributed by atoms with Crippen LogP contribution >= 0.6 is 34.7 Å². The first-order valence-electron chi connectivity index (χ1n) is 11.3. The summed E-state index contributed by atoms with van der Waals surface area (Å²) in [4.78, 5) is 34.4. The largest absolute Gasteiger partial charge is 0.462 e. The van der Waals surface area contributed by atoms with Crippen LogP contribution in [0.1, 0.15) is 17.3 Å². The predicted molar refractivity (Wildman–Crippen MR) is 147 cm³/mol. The number of hydrogen-bond acceptors (Lipinski definition) is 8. The lowest BCUT2D eigenvalue weighted by Crippen LogP contribution is -2.16. The van der Waals surface area contributed by atoms with Crippen LogP contribution in [0.15, 0.2) is 77.5 Å². The van der Waals surface area contributed by atoms with Gasteiger partial charge >= 0.3 is 5.97 Å². The summed E-state index contributed by atoms with van der Waals surface area (Å²) < 4.78 is 6.97. The molecule has 0 bridgehead atoms. The van der Waals surface area contributed by atoms with Gasteiger partial charge in [-0.1, -0.05) is 53.7 Å². The summed E-state index contributed by atoms with van der Waals surface area (Å²) in [5, 5.41) is 11.6. The van der Waals surface area contributed by atoms with E-state index in [0.717, 1.165) is 22.2 Å². The fourth-order valence-electron chi connectivity index (χ4n) is 3.69. The Kier molecular flexibility index (Phi) is 7.50. The van der Waals surface area contributed by atoms with Crippen LogP contribution in [0.5, 0.6) is 0 Å². The number of nitrogens with one attached hydrogen (secondary N) is 1. The number of halogens is 1. The first kappa shape index (κ1) is 24.9. The second-order valence-corrected chi connectivity index (χ2v) is 10.0. The fourth-order valence-corrected chi connectivity index (χ4v) is 5.55. The predicted octanol–water partition coefficient (Wildman–Crippen LogP) is 6.10. The molecule has 11 heteroatoms. The minimum Gasteiger partial charge on any atom is -0.462 e. The number of hydrogen-bond donors (Lipinski definition) is 1. The van der Waals surface area contributed by atoms with E-state index in [1.54, 1.807) is 29.9 Å². The van der Waals surface area contributed by atoms with Crippen LogP contribution in [-0.4, -0.2) is 44.0 Å². The summed E-state index contributed by atoms with van der Waals surface area (Å²) >= 11 is 8.56. The normalized spacial score (nSPS) is 11.0. The molecule has 0 unspecified atom stereocenters. The highest BCUT2D eigenvalue weighted by molar-refractivity contribution is 8.00. The number of ether oxygens (including phenoxy) is 1. The molecule has 186 valence electrons. The average molecular weight is 550 g/mol. The number of thioether (sulfide) groups is 1. The quantitative estimate of drug-likeness (QED) is 0.142. The van der Waals surface area contributed by atoms with Crippen LogP contribution in [0, 0.1) is 0 Å². The Hall–Kier alpha value is -3.73. The zero-order valence-corrected chi connectivity index (χ0v) is 21.9. The maximum Gasteiger partial charge on any atom is 0.341 e. The van der Waals surface area contributed by atoms with Crippen molar-refractivity contribution in [2.75, 3.05) is 17.7 Å². The number of fused-ring (bicyclic) bond motifs is 1. The summed E-state index contributed by atoms with van der Waals surface area (Å²) in [6.45, 7) is 1.98. The van der Waals surface area contributed by atoms with Gasteiger partial charge in [-0.25, -0.2) is 19.4 Å². The Bertz CT molecular complexity index is 1570. The third-order valence-electron chi connectivity index (χ3n) is 5.35. The first-order chi connectivity index (χ1) is 18.0. The minimum atomic E-state index is -0.474. The Morgan fingerprint density at radius 1 is 1.11 bits per heavy atom. The summed E-state index contributed by atoms with van der Waals surface area (Å²) in [5.74, 6) is -0.662. The van der Waals surface area contributed by atoms with Crippen molar-refractivity contribution in [3.8, 4) is 16.8 Å². The van der Waals surface area contributed by atoms with Crippen LogP contribution < -0.4 is 5.32 Å². The number of rotatable bonds is 8. The van der Waals surface area contributed by atoms with E-state index in [2.05, 4.69) is 20.4 Å². The second-order valence-electron chi connectivity index (χ2n) is 7.73. The molecule has 0 radical (unpaired) electrons. The summed E-state index contributed by atoms with van der Waals surface area (Å²) in [5.41, 5.74) is 3.38. The molecule has 5 aromatic rings. The van der Waals surface area contributed by atoms with Gasteiger partial charge in [-0.3, -0.25) is 4.79 Å². The van der Waals surface area contributed by atoms with Crippen molar-refractivity contribution in [3.05, 3.63) is 83.1 Å². The molecule has 0 aliphatic carbocycles. The van der Waals surface area contributed by atoms with Crippen LogP contribution in [0.2, 0.25) is 5.02 Å². The van der Waals surface area contributed by atoms with Crippen molar-refractivity contribution >= 4 is 62.6 Å². The molecule has 0 atom stereocenters. The Morgan fingerprint density at radius 2 is 1.89 bits per heavy atom. The highest BCUT2D eigenvalue weighted by Crippen LogP contribution is 2.36. The summed E-state index contributed by atoms with van der Waals surface area (Å²) in [6, 6.07) is 16.8. The Morgan fingerprint density at radius 3 is 2.65 bits per heavy atom. The van der Waals surface area contributed by atoms with Gasteiger partial charge in [0.05, 0.1) is 29.6 Å². The zero-order valence-electron chi connectivity index (χ0n) is 19.6. The van der Waals surface area contributed by atoms with Gasteiger partial charge in [0.1, 0.15) is 21.9 Å². The average Bonchev–Trinajstić information content (AvgIpc) is 3.53. The van der Waals surface area contributed by atoms with Crippen LogP contribution in [0.25, 0.3) is 27.8 Å². The maximum absolute atomic E-state index is 12.9. The van der Waals surface area contributed by atoms with Gasteiger partial charge < -0.3 is 10.1 Å². The number of carbonyl (C=O) groups is 2. The molecule has 5 rings (SSSR count). The van der Waals surface area contributed by atoms with E-state index in [-0.39, 0.29) is 18.3 Å². The molecule has 0 spiro atoms. The number of esters is 1. The fraction of sp³-hybridized carbons (Fsp3) is 0.115. The monoisotopic (exact) mass is 549 g/mol. The van der Waals surface area contributed by atoms with Gasteiger partial charge in [0.2, 0.25) is 5.91 Å². The summed E-state index contributed by atoms with van der Waals surface area (Å²) in [7, 11) is 0. The lowest BCUT2D eigenvalue weighted by molar-refractivity contribution is -0.113. The van der Waals surface area contributed by atoms with E-state index in [1.165, 1.54) is 29.4 Å². The van der Waals surface area contributed by atoms with E-state index in [4.69, 9.17) is 16.3 Å². The lowest BCUT2D eigenvalue weighted by Gasteiger charge is -2.09. The zero-order chi connectivity index (χ0) is 25.8. The maximum atomic E-state index is 12.9. The molecule has 1 N–H and O–H groups in total. The Balaban J connectivity index is 1.34. The number of amides is 1. The van der Waals surface area contributed by atoms with Gasteiger partial charge in [0, 0.05) is 16.0 Å². The van der Waals surface area contributed by atoms with Crippen molar-refractivity contribution in [1.29, 1.82) is 0 Å². The van der Waals surface area contributed by atoms with Crippen molar-refractivity contribution in [2.24, 2.45) is 0 Å². The third kappa shape index (κ3) is 5.36. The molecular weight excluding hydrogens is 530 g/mol. The molecule has 3 aromatic heterocycles. The van der Waals surface area contributed by atoms with Crippen LogP contribution in [0.4, 0.5) is 5.00 Å². The molecular formula is C26H20ClN5O3S2. The van der Waals surface area contributed by atoms with Gasteiger partial charge in [-0.05, 0) is 36.8 Å². The molecule has 2 aromatic carbocycles. The third-order valence-corrected chi connectivity index (χ3v) is 7.50. The standard InChI is InChI=1S/C26H20ClN5O3S2/c1-2-35-26(34)22-20(16-6-4-3-5-7-16)13-36-25(22)31-21(33)14-37-24-19-12-30-32(23(19)28-15-29-24)18-10-8-17(27)9-11-18/h3-13,15H,2,14H2,1H3,(H,31,33). The number of thiophene rings is 1. The number of aromatic nitrogens is 4. The van der Waals surface area contributed by atoms with Crippen molar-refractivity contribution in [3.63, 3.8) is 0 Å². The smallest absolute Gasteiger partial charge is 0.341 e. The van der Waals surface area contributed by atoms with E-state index < -0.39 is 5.97 Å². The van der Waals surface area contributed by atoms with Gasteiger partial charge in [0.25, 0.3) is 0 Å². The highest BCUT2D eigenvalue weighted by Gasteiger charge is 2.23. The van der Waals surface area contributed by atoms with E-state index in [0.29, 0.717) is 26.3 Å². The molecule has 0 saturated carbocycles. The van der Waals surface area contributed by atoms with E-state index >= 15 is 0 Å². The second kappa shape index (κ2) is 11.1. The minimum absolute atomic E-state index is 0.0824. The van der Waals surface area contributed by atoms with Crippen LogP contribution in [-0.2, 0) is 9.53 Å². The van der Waals surface area contributed by atoms with E-state index in [9.17, 15) is 9.59 Å². The molecule has 3 heterocycles. The van der Waals surface area contributed by atoms with Crippen molar-refractivity contribution in [1.82, 2.24) is 19.7 Å². The molecule has 0 aliphatic heterocycles. The van der Waals surface area contributed by atoms with Gasteiger partial charge in [-0.15, -0.1) is 11.3 Å². The SMILES string of the molecule is CCOC(=O)c1c(-c2ccccc2)csc1NC(=O)CSc1ncnc2c1cnn2-c1ccc(Cl)cc1. The van der Waals surface area contributed by atoms with E-state index in [1.807, 2.05) is 47.8 Å². The van der Waals surface area contributed by atoms with Gasteiger partial charge in [0.15, 0.2) is 5.65 Å². The number of carbonyl (C=O) groups excluding carboxylic acids is 2. The molecule has 1 amide bonds. The number of nitrogens with zero attached hydrogens (tertiary/aromatic N) is 4. The lowest BCUT2D eigenvalue weighted by atomic mass is 10.0. The van der Waals surface area contributed by atoms with Crippen molar-refractivity contribution in [2.45, 2.75) is 11.9 Å². The molecule has 0 fully saturated rings. The highest BCUT2D eigenvalue weighted by atomic mass is 35.5. The van der Waals surface area contributed by atoms with Crippen LogP contribution in [0.3, 0.4) is 0 Å². The number of benzene rings is 2. The Labute approximate surface area is 225 Å². The van der Waals surface area contributed by atoms with Gasteiger partial charge in [-0.2, -0.15) is 5.10 Å². The summed E-state index contributed by atoms with van der Waals surface area (Å²) in [6.07, 6.45) is 3.12. The topological polar surface area (TPSA) is 99.0 Å². The molecule has 0 aliphatic rings. The number of anilines is 1. The molecule has 0 saturated heterocycles. The first-order valence-corrected chi connectivity index (χ1v) is 13.5.